The van der Waals surface area contributed by atoms with Crippen LogP contribution < -0.4 is 19.5 Å². The van der Waals surface area contributed by atoms with Gasteiger partial charge in [-0.2, -0.15) is 0 Å². The summed E-state index contributed by atoms with van der Waals surface area (Å²) >= 11 is 0. The topological polar surface area (TPSA) is 56.8 Å². The molecule has 2 aromatic rings. The van der Waals surface area contributed by atoms with Gasteiger partial charge in [0.2, 0.25) is 0 Å². The highest BCUT2D eigenvalue weighted by Gasteiger charge is 2.13. The van der Waals surface area contributed by atoms with E-state index in [1.165, 1.54) is 0 Å². The van der Waals surface area contributed by atoms with Crippen molar-refractivity contribution < 1.29 is 19.0 Å². The van der Waals surface area contributed by atoms with Gasteiger partial charge in [0, 0.05) is 6.54 Å². The molecule has 25 heavy (non-hydrogen) atoms. The minimum Gasteiger partial charge on any atom is -0.497 e. The molecule has 0 spiro atoms. The lowest BCUT2D eigenvalue weighted by atomic mass is 10.3. The lowest BCUT2D eigenvalue weighted by Gasteiger charge is -2.15. The van der Waals surface area contributed by atoms with Crippen molar-refractivity contribution in [2.24, 2.45) is 0 Å². The summed E-state index contributed by atoms with van der Waals surface area (Å²) in [6.45, 7) is 2.98. The van der Waals surface area contributed by atoms with Crippen molar-refractivity contribution in [1.29, 1.82) is 0 Å². The summed E-state index contributed by atoms with van der Waals surface area (Å²) in [5, 5.41) is 2.88. The van der Waals surface area contributed by atoms with Crippen LogP contribution in [0, 0.1) is 0 Å². The number of amides is 1. The summed E-state index contributed by atoms with van der Waals surface area (Å²) in [7, 11) is 1.61. The molecule has 0 fully saturated rings. The lowest BCUT2D eigenvalue weighted by molar-refractivity contribution is -0.127. The molecule has 2 aromatic carbocycles. The molecular formula is C20H25NO4. The molecule has 0 heterocycles. The maximum Gasteiger partial charge on any atom is 0.260 e. The monoisotopic (exact) mass is 343 g/mol. The Bertz CT molecular complexity index is 628. The van der Waals surface area contributed by atoms with Crippen LogP contribution in [0.3, 0.4) is 0 Å². The molecule has 0 aliphatic carbocycles. The van der Waals surface area contributed by atoms with Crippen molar-refractivity contribution in [3.05, 3.63) is 54.6 Å². The first kappa shape index (κ1) is 18.6. The number of carbonyl (C=O) groups is 1. The minimum absolute atomic E-state index is 0.125. The molecule has 0 aliphatic rings. The van der Waals surface area contributed by atoms with Crippen LogP contribution in [-0.2, 0) is 4.79 Å². The third kappa shape index (κ3) is 6.75. The standard InChI is InChI=1S/C20H25NO4/c1-16(25-19-12-10-17(23-2)11-13-19)20(22)21-14-6-7-15-24-18-8-4-3-5-9-18/h3-5,8-13,16H,6-7,14-15H2,1-2H3,(H,21,22). The number of methoxy groups -OCH3 is 1. The SMILES string of the molecule is COc1ccc(OC(C)C(=O)NCCCCOc2ccccc2)cc1. The van der Waals surface area contributed by atoms with Crippen molar-refractivity contribution in [3.8, 4) is 17.2 Å². The van der Waals surface area contributed by atoms with Crippen LogP contribution in [0.4, 0.5) is 0 Å². The van der Waals surface area contributed by atoms with Gasteiger partial charge in [0.05, 0.1) is 13.7 Å². The fraction of sp³-hybridized carbons (Fsp3) is 0.350. The number of nitrogens with one attached hydrogen (secondary N) is 1. The van der Waals surface area contributed by atoms with E-state index in [2.05, 4.69) is 5.32 Å². The third-order valence-corrected chi connectivity index (χ3v) is 3.62. The van der Waals surface area contributed by atoms with E-state index in [-0.39, 0.29) is 5.91 Å². The van der Waals surface area contributed by atoms with Gasteiger partial charge >= 0.3 is 0 Å². The first-order valence-corrected chi connectivity index (χ1v) is 8.45. The van der Waals surface area contributed by atoms with E-state index in [1.807, 2.05) is 30.3 Å². The predicted molar refractivity (Wildman–Crippen MR) is 97.3 cm³/mol. The van der Waals surface area contributed by atoms with Gasteiger partial charge in [-0.3, -0.25) is 4.79 Å². The Balaban J connectivity index is 1.59. The number of ether oxygens (including phenoxy) is 3. The molecule has 0 saturated heterocycles. The molecule has 134 valence electrons. The third-order valence-electron chi connectivity index (χ3n) is 3.62. The van der Waals surface area contributed by atoms with Crippen LogP contribution >= 0.6 is 0 Å². The average molecular weight is 343 g/mol. The lowest BCUT2D eigenvalue weighted by Crippen LogP contribution is -2.36. The summed E-state index contributed by atoms with van der Waals surface area (Å²) in [5.74, 6) is 2.13. The van der Waals surface area contributed by atoms with E-state index in [0.29, 0.717) is 18.9 Å². The zero-order valence-corrected chi connectivity index (χ0v) is 14.7. The molecule has 0 aromatic heterocycles. The summed E-state index contributed by atoms with van der Waals surface area (Å²) in [6.07, 6.45) is 1.19. The van der Waals surface area contributed by atoms with Gasteiger partial charge in [-0.05, 0) is 56.2 Å². The average Bonchev–Trinajstić information content (AvgIpc) is 2.65. The Morgan fingerprint density at radius 2 is 1.64 bits per heavy atom. The highest BCUT2D eigenvalue weighted by atomic mass is 16.5. The van der Waals surface area contributed by atoms with E-state index in [4.69, 9.17) is 14.2 Å². The Morgan fingerprint density at radius 1 is 0.960 bits per heavy atom. The highest BCUT2D eigenvalue weighted by Crippen LogP contribution is 2.18. The second-order valence-electron chi connectivity index (χ2n) is 5.60. The number of rotatable bonds is 10. The van der Waals surface area contributed by atoms with E-state index >= 15 is 0 Å². The van der Waals surface area contributed by atoms with Crippen LogP contribution in [0.1, 0.15) is 19.8 Å². The molecule has 5 nitrogen and oxygen atoms in total. The first-order valence-electron chi connectivity index (χ1n) is 8.45. The molecule has 0 saturated carbocycles. The zero-order chi connectivity index (χ0) is 17.9. The van der Waals surface area contributed by atoms with Gasteiger partial charge in [0.15, 0.2) is 6.10 Å². The smallest absolute Gasteiger partial charge is 0.260 e. The Labute approximate surface area is 148 Å². The molecule has 1 atom stereocenters. The molecule has 0 aliphatic heterocycles. The number of carbonyl (C=O) groups excluding carboxylic acids is 1. The predicted octanol–water partition coefficient (Wildman–Crippen LogP) is 3.44. The Kier molecular flexibility index (Phi) is 7.63. The first-order chi connectivity index (χ1) is 12.2. The van der Waals surface area contributed by atoms with E-state index in [1.54, 1.807) is 38.3 Å². The molecule has 0 radical (unpaired) electrons. The normalized spacial score (nSPS) is 11.4. The van der Waals surface area contributed by atoms with Crippen molar-refractivity contribution >= 4 is 5.91 Å². The van der Waals surface area contributed by atoms with Crippen LogP contribution in [0.15, 0.2) is 54.6 Å². The van der Waals surface area contributed by atoms with E-state index in [9.17, 15) is 4.79 Å². The molecule has 1 N–H and O–H groups in total. The fourth-order valence-corrected chi connectivity index (χ4v) is 2.20. The highest BCUT2D eigenvalue weighted by molar-refractivity contribution is 5.80. The Hall–Kier alpha value is -2.69. The maximum atomic E-state index is 12.0. The number of unbranched alkanes of at least 4 members (excludes halogenated alkanes) is 1. The second kappa shape index (κ2) is 10.2. The van der Waals surface area contributed by atoms with Crippen molar-refractivity contribution in [1.82, 2.24) is 5.32 Å². The molecule has 0 bridgehead atoms. The second-order valence-corrected chi connectivity index (χ2v) is 5.60. The number of hydrogen-bond donors (Lipinski definition) is 1. The maximum absolute atomic E-state index is 12.0. The van der Waals surface area contributed by atoms with Gasteiger partial charge in [-0.25, -0.2) is 0 Å². The zero-order valence-electron chi connectivity index (χ0n) is 14.7. The van der Waals surface area contributed by atoms with E-state index < -0.39 is 6.10 Å². The Morgan fingerprint density at radius 3 is 2.32 bits per heavy atom. The van der Waals surface area contributed by atoms with Crippen LogP contribution in [-0.4, -0.2) is 32.3 Å². The molecule has 1 amide bonds. The van der Waals surface area contributed by atoms with Crippen molar-refractivity contribution in [2.45, 2.75) is 25.9 Å². The van der Waals surface area contributed by atoms with Crippen molar-refractivity contribution in [2.75, 3.05) is 20.3 Å². The number of benzene rings is 2. The van der Waals surface area contributed by atoms with E-state index in [0.717, 1.165) is 24.3 Å². The van der Waals surface area contributed by atoms with Gasteiger partial charge in [0.1, 0.15) is 17.2 Å². The van der Waals surface area contributed by atoms with Gasteiger partial charge < -0.3 is 19.5 Å². The summed E-state index contributed by atoms with van der Waals surface area (Å²) < 4.78 is 16.3. The summed E-state index contributed by atoms with van der Waals surface area (Å²) in [6, 6.07) is 16.9. The quantitative estimate of drug-likeness (QED) is 0.672. The molecule has 1 unspecified atom stereocenters. The number of para-hydroxylation sites is 1. The molecule has 5 heteroatoms. The van der Waals surface area contributed by atoms with Gasteiger partial charge in [0.25, 0.3) is 5.91 Å². The van der Waals surface area contributed by atoms with Crippen molar-refractivity contribution in [3.63, 3.8) is 0 Å². The largest absolute Gasteiger partial charge is 0.497 e. The molecular weight excluding hydrogens is 318 g/mol. The van der Waals surface area contributed by atoms with Gasteiger partial charge in [-0.15, -0.1) is 0 Å². The molecule has 2 rings (SSSR count). The fourth-order valence-electron chi connectivity index (χ4n) is 2.20. The van der Waals surface area contributed by atoms with Crippen LogP contribution in [0.25, 0.3) is 0 Å². The van der Waals surface area contributed by atoms with Gasteiger partial charge in [-0.1, -0.05) is 18.2 Å². The summed E-state index contributed by atoms with van der Waals surface area (Å²) in [5.41, 5.74) is 0. The minimum atomic E-state index is -0.547. The summed E-state index contributed by atoms with van der Waals surface area (Å²) in [4.78, 5) is 12.0. The van der Waals surface area contributed by atoms with Crippen LogP contribution in [0.2, 0.25) is 0 Å². The number of hydrogen-bond acceptors (Lipinski definition) is 4. The van der Waals surface area contributed by atoms with Crippen LogP contribution in [0.5, 0.6) is 17.2 Å².